The fourth-order valence-electron chi connectivity index (χ4n) is 4.21. The quantitative estimate of drug-likeness (QED) is 0.256. The number of amides is 2. The van der Waals surface area contributed by atoms with Crippen LogP contribution in [0.25, 0.3) is 0 Å². The van der Waals surface area contributed by atoms with Crippen molar-refractivity contribution in [1.82, 2.24) is 10.2 Å². The molecule has 0 aliphatic heterocycles. The first-order valence-electron chi connectivity index (χ1n) is 13.3. The van der Waals surface area contributed by atoms with Crippen LogP contribution in [0.4, 0.5) is 5.69 Å². The van der Waals surface area contributed by atoms with Crippen LogP contribution in [0.5, 0.6) is 5.75 Å². The second kappa shape index (κ2) is 14.6. The highest BCUT2D eigenvalue weighted by Gasteiger charge is 2.34. The highest BCUT2D eigenvalue weighted by molar-refractivity contribution is 7.92. The Labute approximate surface area is 252 Å². The largest absolute Gasteiger partial charge is 0.497 e. The summed E-state index contributed by atoms with van der Waals surface area (Å²) in [5, 5.41) is 3.08. The molecule has 0 radical (unpaired) electrons. The molecule has 11 heteroatoms. The number of hydrogen-bond acceptors (Lipinski definition) is 5. The average Bonchev–Trinajstić information content (AvgIpc) is 2.97. The zero-order chi connectivity index (χ0) is 30.2. The third-order valence-electron chi connectivity index (χ3n) is 6.71. The first-order valence-corrected chi connectivity index (χ1v) is 15.5. The Bertz CT molecular complexity index is 1440. The number of benzene rings is 3. The van der Waals surface area contributed by atoms with E-state index in [4.69, 9.17) is 27.9 Å². The van der Waals surface area contributed by atoms with Crippen molar-refractivity contribution in [2.45, 2.75) is 57.1 Å². The van der Waals surface area contributed by atoms with Gasteiger partial charge in [-0.1, -0.05) is 73.4 Å². The second-order valence-electron chi connectivity index (χ2n) is 9.51. The van der Waals surface area contributed by atoms with Gasteiger partial charge in [0.2, 0.25) is 11.8 Å². The van der Waals surface area contributed by atoms with Crippen molar-refractivity contribution in [3.05, 3.63) is 88.4 Å². The van der Waals surface area contributed by atoms with E-state index in [0.717, 1.165) is 9.87 Å². The van der Waals surface area contributed by atoms with E-state index in [0.29, 0.717) is 18.6 Å². The Kier molecular flexibility index (Phi) is 11.5. The van der Waals surface area contributed by atoms with E-state index >= 15 is 0 Å². The van der Waals surface area contributed by atoms with Gasteiger partial charge >= 0.3 is 0 Å². The molecule has 3 rings (SSSR count). The number of carbonyl (C=O) groups is 2. The minimum absolute atomic E-state index is 0.00951. The molecule has 0 saturated carbocycles. The topological polar surface area (TPSA) is 96.0 Å². The van der Waals surface area contributed by atoms with Gasteiger partial charge in [-0.25, -0.2) is 8.42 Å². The van der Waals surface area contributed by atoms with E-state index in [9.17, 15) is 18.0 Å². The fourth-order valence-corrected chi connectivity index (χ4v) is 6.10. The van der Waals surface area contributed by atoms with Gasteiger partial charge in [0.25, 0.3) is 10.0 Å². The van der Waals surface area contributed by atoms with Crippen LogP contribution in [0.15, 0.2) is 77.7 Å². The lowest BCUT2D eigenvalue weighted by Crippen LogP contribution is -2.53. The van der Waals surface area contributed by atoms with Crippen molar-refractivity contribution in [3.63, 3.8) is 0 Å². The zero-order valence-electron chi connectivity index (χ0n) is 23.5. The third kappa shape index (κ3) is 7.93. The molecule has 2 amide bonds. The number of anilines is 1. The number of ether oxygens (including phenoxy) is 1. The van der Waals surface area contributed by atoms with Gasteiger partial charge < -0.3 is 15.0 Å². The molecule has 1 N–H and O–H groups in total. The van der Waals surface area contributed by atoms with Crippen molar-refractivity contribution in [2.75, 3.05) is 18.0 Å². The van der Waals surface area contributed by atoms with Crippen LogP contribution in [-0.4, -0.2) is 50.9 Å². The first kappa shape index (κ1) is 32.2. The highest BCUT2D eigenvalue weighted by Crippen LogP contribution is 2.35. The van der Waals surface area contributed by atoms with Gasteiger partial charge in [0, 0.05) is 12.6 Å². The van der Waals surface area contributed by atoms with Gasteiger partial charge in [0.1, 0.15) is 18.3 Å². The van der Waals surface area contributed by atoms with E-state index < -0.39 is 28.5 Å². The summed E-state index contributed by atoms with van der Waals surface area (Å²) in [7, 11) is -2.70. The maximum absolute atomic E-state index is 14.1. The van der Waals surface area contributed by atoms with Gasteiger partial charge in [-0.3, -0.25) is 13.9 Å². The lowest BCUT2D eigenvalue weighted by Gasteiger charge is -2.34. The van der Waals surface area contributed by atoms with Crippen molar-refractivity contribution >= 4 is 50.7 Å². The smallest absolute Gasteiger partial charge is 0.264 e. The first-order chi connectivity index (χ1) is 19.5. The minimum Gasteiger partial charge on any atom is -0.497 e. The average molecular weight is 621 g/mol. The second-order valence-corrected chi connectivity index (χ2v) is 12.2. The van der Waals surface area contributed by atoms with E-state index in [-0.39, 0.29) is 39.1 Å². The number of methoxy groups -OCH3 is 1. The number of nitrogens with one attached hydrogen (secondary N) is 1. The van der Waals surface area contributed by atoms with Crippen molar-refractivity contribution in [1.29, 1.82) is 0 Å². The summed E-state index contributed by atoms with van der Waals surface area (Å²) in [5.74, 6) is -0.256. The van der Waals surface area contributed by atoms with E-state index in [2.05, 4.69) is 5.32 Å². The molecule has 2 atom stereocenters. The van der Waals surface area contributed by atoms with Gasteiger partial charge in [-0.15, -0.1) is 0 Å². The lowest BCUT2D eigenvalue weighted by atomic mass is 10.1. The Morgan fingerprint density at radius 2 is 1.59 bits per heavy atom. The molecule has 0 aliphatic rings. The van der Waals surface area contributed by atoms with Gasteiger partial charge in [0.15, 0.2) is 0 Å². The molecule has 0 aliphatic carbocycles. The minimum atomic E-state index is -4.25. The molecule has 8 nitrogen and oxygen atoms in total. The normalized spacial score (nSPS) is 12.7. The van der Waals surface area contributed by atoms with Crippen LogP contribution in [0.2, 0.25) is 10.0 Å². The standard InChI is InChI=1S/C30H35Cl2N3O5S/c1-5-21(3)33-30(37)26(6-2)34(19-22-15-17-23(40-4)18-16-22)28(36)20-35(27-14-10-13-25(31)29(27)32)41(38,39)24-11-8-7-9-12-24/h7-18,21,26H,5-6,19-20H2,1-4H3,(H,33,37)/t21-,26-/m1/s1. The summed E-state index contributed by atoms with van der Waals surface area (Å²) in [6.07, 6.45) is 1.03. The lowest BCUT2D eigenvalue weighted by molar-refractivity contribution is -0.140. The van der Waals surface area contributed by atoms with Crippen LogP contribution in [0, 0.1) is 0 Å². The number of rotatable bonds is 13. The Morgan fingerprint density at radius 3 is 2.17 bits per heavy atom. The summed E-state index contributed by atoms with van der Waals surface area (Å²) >= 11 is 12.7. The highest BCUT2D eigenvalue weighted by atomic mass is 35.5. The molecular weight excluding hydrogens is 585 g/mol. The Hall–Kier alpha value is -3.27. The fraction of sp³-hybridized carbons (Fsp3) is 0.333. The SMILES string of the molecule is CC[C@@H](C)NC(=O)[C@@H](CC)N(Cc1ccc(OC)cc1)C(=O)CN(c1cccc(Cl)c1Cl)S(=O)(=O)c1ccccc1. The Balaban J connectivity index is 2.08. The van der Waals surface area contributed by atoms with E-state index in [1.807, 2.05) is 20.8 Å². The maximum Gasteiger partial charge on any atom is 0.264 e. The van der Waals surface area contributed by atoms with Crippen molar-refractivity contribution in [2.24, 2.45) is 0 Å². The van der Waals surface area contributed by atoms with Crippen molar-refractivity contribution in [3.8, 4) is 5.75 Å². The number of halogens is 2. The summed E-state index contributed by atoms with van der Waals surface area (Å²) < 4.78 is 34.0. The third-order valence-corrected chi connectivity index (χ3v) is 9.29. The molecule has 0 heterocycles. The van der Waals surface area contributed by atoms with E-state index in [1.54, 1.807) is 55.6 Å². The molecule has 41 heavy (non-hydrogen) atoms. The molecule has 0 saturated heterocycles. The van der Waals surface area contributed by atoms with Crippen LogP contribution in [0.3, 0.4) is 0 Å². The molecular formula is C30H35Cl2N3O5S. The molecule has 220 valence electrons. The number of nitrogens with zero attached hydrogens (tertiary/aromatic N) is 2. The summed E-state index contributed by atoms with van der Waals surface area (Å²) in [4.78, 5) is 28.9. The van der Waals surface area contributed by atoms with Crippen LogP contribution < -0.4 is 14.4 Å². The number of hydrogen-bond donors (Lipinski definition) is 1. The monoisotopic (exact) mass is 619 g/mol. The number of sulfonamides is 1. The molecule has 0 fully saturated rings. The van der Waals surface area contributed by atoms with Gasteiger partial charge in [-0.05, 0) is 61.7 Å². The summed E-state index contributed by atoms with van der Waals surface area (Å²) in [6, 6.07) is 18.5. The number of carbonyl (C=O) groups excluding carboxylic acids is 2. The van der Waals surface area contributed by atoms with Crippen molar-refractivity contribution < 1.29 is 22.7 Å². The van der Waals surface area contributed by atoms with Crippen LogP contribution in [-0.2, 0) is 26.2 Å². The predicted molar refractivity (Wildman–Crippen MR) is 163 cm³/mol. The van der Waals surface area contributed by atoms with Crippen LogP contribution in [0.1, 0.15) is 39.2 Å². The zero-order valence-corrected chi connectivity index (χ0v) is 25.8. The summed E-state index contributed by atoms with van der Waals surface area (Å²) in [5.41, 5.74) is 0.796. The summed E-state index contributed by atoms with van der Waals surface area (Å²) in [6.45, 7) is 5.10. The molecule has 3 aromatic rings. The van der Waals surface area contributed by atoms with E-state index in [1.165, 1.54) is 29.2 Å². The van der Waals surface area contributed by atoms with Gasteiger partial charge in [0.05, 0.1) is 27.7 Å². The Morgan fingerprint density at radius 1 is 0.927 bits per heavy atom. The molecule has 0 unspecified atom stereocenters. The molecule has 0 spiro atoms. The maximum atomic E-state index is 14.1. The molecule has 3 aromatic carbocycles. The van der Waals surface area contributed by atoms with Crippen LogP contribution >= 0.6 is 23.2 Å². The van der Waals surface area contributed by atoms with Gasteiger partial charge in [-0.2, -0.15) is 0 Å². The predicted octanol–water partition coefficient (Wildman–Crippen LogP) is 5.92. The molecule has 0 aromatic heterocycles. The molecule has 0 bridgehead atoms.